The van der Waals surface area contributed by atoms with Gasteiger partial charge in [-0.2, -0.15) is 0 Å². The Morgan fingerprint density at radius 1 is 1.14 bits per heavy atom. The van der Waals surface area contributed by atoms with Crippen LogP contribution in [0.25, 0.3) is 0 Å². The van der Waals surface area contributed by atoms with Crippen LogP contribution in [-0.2, 0) is 4.79 Å². The van der Waals surface area contributed by atoms with E-state index in [0.29, 0.717) is 22.7 Å². The Morgan fingerprint density at radius 2 is 1.90 bits per heavy atom. The SMILES string of the molecule is NC(=O)NC1C(=O)Nc2ccc(Oc3ccccc3)cc21. The van der Waals surface area contributed by atoms with E-state index in [0.717, 1.165) is 0 Å². The molecule has 3 rings (SSSR count). The standard InChI is InChI=1S/C15H13N3O3/c16-15(20)18-13-11-8-10(6-7-12(11)17-14(13)19)21-9-4-2-1-3-5-9/h1-8,13H,(H,17,19)(H3,16,18,20). The molecule has 1 aliphatic heterocycles. The second kappa shape index (κ2) is 5.16. The molecule has 6 heteroatoms. The lowest BCUT2D eigenvalue weighted by Crippen LogP contribution is -2.36. The first kappa shape index (κ1) is 13.0. The summed E-state index contributed by atoms with van der Waals surface area (Å²) in [6.07, 6.45) is 0. The van der Waals surface area contributed by atoms with E-state index >= 15 is 0 Å². The molecular formula is C15H13N3O3. The quantitative estimate of drug-likeness (QED) is 0.805. The van der Waals surface area contributed by atoms with Gasteiger partial charge >= 0.3 is 6.03 Å². The maximum atomic E-state index is 11.8. The van der Waals surface area contributed by atoms with Gasteiger partial charge in [0.05, 0.1) is 0 Å². The lowest BCUT2D eigenvalue weighted by molar-refractivity contribution is -0.117. The Bertz CT molecular complexity index is 701. The molecule has 2 aromatic rings. The van der Waals surface area contributed by atoms with Gasteiger partial charge in [-0.25, -0.2) is 4.79 Å². The number of hydrogen-bond donors (Lipinski definition) is 3. The number of hydrogen-bond acceptors (Lipinski definition) is 3. The molecule has 3 amide bonds. The number of carbonyl (C=O) groups is 2. The number of ether oxygens (including phenoxy) is 1. The van der Waals surface area contributed by atoms with E-state index < -0.39 is 12.1 Å². The van der Waals surface area contributed by atoms with E-state index in [2.05, 4.69) is 10.6 Å². The van der Waals surface area contributed by atoms with Gasteiger partial charge in [-0.1, -0.05) is 18.2 Å². The summed E-state index contributed by atoms with van der Waals surface area (Å²) in [6, 6.07) is 12.9. The Kier molecular flexibility index (Phi) is 3.19. The number of anilines is 1. The van der Waals surface area contributed by atoms with Crippen LogP contribution in [0, 0.1) is 0 Å². The second-order valence-corrected chi connectivity index (χ2v) is 4.60. The van der Waals surface area contributed by atoms with E-state index in [1.165, 1.54) is 0 Å². The first-order chi connectivity index (χ1) is 10.1. The number of amides is 3. The summed E-state index contributed by atoms with van der Waals surface area (Å²) in [5, 5.41) is 5.09. The Morgan fingerprint density at radius 3 is 2.62 bits per heavy atom. The van der Waals surface area contributed by atoms with Crippen LogP contribution in [0.15, 0.2) is 48.5 Å². The van der Waals surface area contributed by atoms with E-state index in [9.17, 15) is 9.59 Å². The fourth-order valence-electron chi connectivity index (χ4n) is 2.21. The third kappa shape index (κ3) is 2.64. The van der Waals surface area contributed by atoms with E-state index in [4.69, 9.17) is 10.5 Å². The molecule has 0 saturated carbocycles. The summed E-state index contributed by atoms with van der Waals surface area (Å²) in [7, 11) is 0. The molecule has 2 aromatic carbocycles. The van der Waals surface area contributed by atoms with Gasteiger partial charge in [0.1, 0.15) is 17.5 Å². The average molecular weight is 283 g/mol. The molecule has 6 nitrogen and oxygen atoms in total. The van der Waals surface area contributed by atoms with Gasteiger partial charge in [0.2, 0.25) is 0 Å². The van der Waals surface area contributed by atoms with Crippen LogP contribution in [0.4, 0.5) is 10.5 Å². The van der Waals surface area contributed by atoms with Gasteiger partial charge in [-0.05, 0) is 30.3 Å². The number of para-hydroxylation sites is 1. The molecule has 0 saturated heterocycles. The molecule has 0 aromatic heterocycles. The van der Waals surface area contributed by atoms with Crippen LogP contribution in [0.1, 0.15) is 11.6 Å². The van der Waals surface area contributed by atoms with Gasteiger partial charge in [0.25, 0.3) is 5.91 Å². The van der Waals surface area contributed by atoms with Crippen LogP contribution in [0.2, 0.25) is 0 Å². The molecule has 0 spiro atoms. The molecule has 106 valence electrons. The summed E-state index contributed by atoms with van der Waals surface area (Å²) in [4.78, 5) is 22.8. The summed E-state index contributed by atoms with van der Waals surface area (Å²) in [5.74, 6) is 0.947. The maximum Gasteiger partial charge on any atom is 0.313 e. The minimum atomic E-state index is -0.795. The van der Waals surface area contributed by atoms with Gasteiger partial charge in [-0.3, -0.25) is 4.79 Å². The summed E-state index contributed by atoms with van der Waals surface area (Å²) < 4.78 is 5.71. The number of benzene rings is 2. The number of carbonyl (C=O) groups excluding carboxylic acids is 2. The minimum absolute atomic E-state index is 0.319. The first-order valence-corrected chi connectivity index (χ1v) is 6.37. The van der Waals surface area contributed by atoms with Crippen LogP contribution in [0.3, 0.4) is 0 Å². The van der Waals surface area contributed by atoms with Crippen molar-refractivity contribution in [1.82, 2.24) is 5.32 Å². The molecule has 0 fully saturated rings. The largest absolute Gasteiger partial charge is 0.457 e. The topological polar surface area (TPSA) is 93.5 Å². The third-order valence-corrected chi connectivity index (χ3v) is 3.12. The maximum absolute atomic E-state index is 11.8. The normalized spacial score (nSPS) is 16.0. The van der Waals surface area contributed by atoms with Crippen LogP contribution < -0.4 is 21.1 Å². The predicted molar refractivity (Wildman–Crippen MR) is 77.0 cm³/mol. The van der Waals surface area contributed by atoms with Gasteiger partial charge in [-0.15, -0.1) is 0 Å². The predicted octanol–water partition coefficient (Wildman–Crippen LogP) is 2.14. The highest BCUT2D eigenvalue weighted by molar-refractivity contribution is 6.04. The molecular weight excluding hydrogens is 270 g/mol. The summed E-state index contributed by atoms with van der Waals surface area (Å²) in [5.41, 5.74) is 6.36. The van der Waals surface area contributed by atoms with Crippen LogP contribution in [0.5, 0.6) is 11.5 Å². The first-order valence-electron chi connectivity index (χ1n) is 6.37. The number of nitrogens with one attached hydrogen (secondary N) is 2. The smallest absolute Gasteiger partial charge is 0.313 e. The molecule has 1 unspecified atom stereocenters. The molecule has 1 heterocycles. The fourth-order valence-corrected chi connectivity index (χ4v) is 2.21. The van der Waals surface area contributed by atoms with Crippen molar-refractivity contribution in [3.8, 4) is 11.5 Å². The number of rotatable bonds is 3. The minimum Gasteiger partial charge on any atom is -0.457 e. The zero-order valence-electron chi connectivity index (χ0n) is 11.0. The van der Waals surface area contributed by atoms with Gasteiger partial charge in [0.15, 0.2) is 0 Å². The van der Waals surface area contributed by atoms with E-state index in [1.54, 1.807) is 18.2 Å². The number of urea groups is 1. The summed E-state index contributed by atoms with van der Waals surface area (Å²) in [6.45, 7) is 0. The van der Waals surface area contributed by atoms with Crippen molar-refractivity contribution in [3.63, 3.8) is 0 Å². The fraction of sp³-hybridized carbons (Fsp3) is 0.0667. The monoisotopic (exact) mass is 283 g/mol. The van der Waals surface area contributed by atoms with Crippen molar-refractivity contribution in [3.05, 3.63) is 54.1 Å². The van der Waals surface area contributed by atoms with Crippen molar-refractivity contribution in [1.29, 1.82) is 0 Å². The average Bonchev–Trinajstić information content (AvgIpc) is 2.76. The highest BCUT2D eigenvalue weighted by Gasteiger charge is 2.31. The molecule has 0 bridgehead atoms. The lowest BCUT2D eigenvalue weighted by Gasteiger charge is -2.11. The van der Waals surface area contributed by atoms with Crippen LogP contribution >= 0.6 is 0 Å². The molecule has 21 heavy (non-hydrogen) atoms. The van der Waals surface area contributed by atoms with E-state index in [-0.39, 0.29) is 5.91 Å². The molecule has 4 N–H and O–H groups in total. The van der Waals surface area contributed by atoms with E-state index in [1.807, 2.05) is 30.3 Å². The van der Waals surface area contributed by atoms with Crippen molar-refractivity contribution >= 4 is 17.6 Å². The highest BCUT2D eigenvalue weighted by Crippen LogP contribution is 2.35. The van der Waals surface area contributed by atoms with Crippen LogP contribution in [-0.4, -0.2) is 11.9 Å². The lowest BCUT2D eigenvalue weighted by atomic mass is 10.1. The second-order valence-electron chi connectivity index (χ2n) is 4.60. The van der Waals surface area contributed by atoms with Gasteiger partial charge in [0, 0.05) is 11.3 Å². The Balaban J connectivity index is 1.89. The zero-order valence-corrected chi connectivity index (χ0v) is 11.0. The third-order valence-electron chi connectivity index (χ3n) is 3.12. The molecule has 1 atom stereocenters. The molecule has 0 aliphatic carbocycles. The highest BCUT2D eigenvalue weighted by atomic mass is 16.5. The number of primary amides is 1. The molecule has 1 aliphatic rings. The number of nitrogens with two attached hydrogens (primary N) is 1. The molecule has 0 radical (unpaired) electrons. The van der Waals surface area contributed by atoms with Crippen molar-refractivity contribution in [2.24, 2.45) is 5.73 Å². The summed E-state index contributed by atoms with van der Waals surface area (Å²) >= 11 is 0. The van der Waals surface area contributed by atoms with Gasteiger partial charge < -0.3 is 21.1 Å². The van der Waals surface area contributed by atoms with Crippen molar-refractivity contribution in [2.45, 2.75) is 6.04 Å². The van der Waals surface area contributed by atoms with Crippen molar-refractivity contribution in [2.75, 3.05) is 5.32 Å². The number of fused-ring (bicyclic) bond motifs is 1. The van der Waals surface area contributed by atoms with Crippen molar-refractivity contribution < 1.29 is 14.3 Å². The Labute approximate surface area is 120 Å². The zero-order chi connectivity index (χ0) is 14.8. The Hall–Kier alpha value is -3.02.